The van der Waals surface area contributed by atoms with Gasteiger partial charge in [0.1, 0.15) is 11.7 Å². The minimum Gasteiger partial charge on any atom is -0.354 e. The van der Waals surface area contributed by atoms with Crippen LogP contribution in [0.15, 0.2) is 12.5 Å². The van der Waals surface area contributed by atoms with Crippen molar-refractivity contribution in [3.05, 3.63) is 18.2 Å². The van der Waals surface area contributed by atoms with Gasteiger partial charge in [0.05, 0.1) is 6.33 Å². The molecule has 7 nitrogen and oxygen atoms in total. The largest absolute Gasteiger partial charge is 0.354 e. The van der Waals surface area contributed by atoms with E-state index in [4.69, 9.17) is 5.73 Å². The number of nitrogens with zero attached hydrogens (tertiary/aromatic N) is 2. The summed E-state index contributed by atoms with van der Waals surface area (Å²) in [5.74, 6) is -0.440. The number of carbonyl (C=O) groups is 2. The molecule has 2 heterocycles. The zero-order valence-electron chi connectivity index (χ0n) is 10.8. The van der Waals surface area contributed by atoms with Crippen LogP contribution >= 0.6 is 0 Å². The third-order valence-electron chi connectivity index (χ3n) is 3.09. The van der Waals surface area contributed by atoms with Crippen LogP contribution in [0.5, 0.6) is 0 Å². The van der Waals surface area contributed by atoms with Gasteiger partial charge in [-0.15, -0.1) is 0 Å². The Labute approximate surface area is 111 Å². The summed E-state index contributed by atoms with van der Waals surface area (Å²) in [7, 11) is 0. The molecule has 1 aliphatic rings. The molecule has 1 atom stereocenters. The van der Waals surface area contributed by atoms with Crippen LogP contribution in [0.4, 0.5) is 0 Å². The highest BCUT2D eigenvalue weighted by atomic mass is 16.2. The predicted molar refractivity (Wildman–Crippen MR) is 69.4 cm³/mol. The monoisotopic (exact) mass is 265 g/mol. The summed E-state index contributed by atoms with van der Waals surface area (Å²) in [4.78, 5) is 27.7. The lowest BCUT2D eigenvalue weighted by molar-refractivity contribution is -0.122. The summed E-state index contributed by atoms with van der Waals surface area (Å²) in [6, 6.07) is -0.463. The third-order valence-corrected chi connectivity index (χ3v) is 3.09. The number of hydrogen-bond acceptors (Lipinski definition) is 4. The number of nitrogens with two attached hydrogens (primary N) is 1. The van der Waals surface area contributed by atoms with Crippen LogP contribution in [0.2, 0.25) is 0 Å². The Kier molecular flexibility index (Phi) is 4.51. The summed E-state index contributed by atoms with van der Waals surface area (Å²) < 4.78 is 1.75. The molecule has 7 heteroatoms. The van der Waals surface area contributed by atoms with E-state index in [0.717, 1.165) is 12.8 Å². The number of amides is 2. The van der Waals surface area contributed by atoms with E-state index < -0.39 is 6.04 Å². The normalized spacial score (nSPS) is 19.6. The van der Waals surface area contributed by atoms with Crippen molar-refractivity contribution in [2.75, 3.05) is 13.1 Å². The maximum Gasteiger partial charge on any atom is 0.272 e. The topological polar surface area (TPSA) is 102 Å². The van der Waals surface area contributed by atoms with Crippen LogP contribution in [-0.4, -0.2) is 40.5 Å². The summed E-state index contributed by atoms with van der Waals surface area (Å²) in [6.07, 6.45) is 5.74. The van der Waals surface area contributed by atoms with Gasteiger partial charge < -0.3 is 20.9 Å². The molecule has 0 bridgehead atoms. The average molecular weight is 265 g/mol. The van der Waals surface area contributed by atoms with Crippen LogP contribution in [0.3, 0.4) is 0 Å². The second-order valence-electron chi connectivity index (χ2n) is 4.60. The third kappa shape index (κ3) is 3.54. The zero-order valence-corrected chi connectivity index (χ0v) is 10.8. The van der Waals surface area contributed by atoms with Gasteiger partial charge in [0.25, 0.3) is 5.91 Å². The lowest BCUT2D eigenvalue weighted by Gasteiger charge is -2.14. The first-order chi connectivity index (χ1) is 9.20. The minimum atomic E-state index is -0.463. The van der Waals surface area contributed by atoms with E-state index in [0.29, 0.717) is 31.7 Å². The van der Waals surface area contributed by atoms with Gasteiger partial charge in [-0.1, -0.05) is 0 Å². The van der Waals surface area contributed by atoms with Gasteiger partial charge in [-0.2, -0.15) is 0 Å². The molecule has 0 spiro atoms. The second kappa shape index (κ2) is 6.33. The highest BCUT2D eigenvalue weighted by molar-refractivity contribution is 5.96. The first-order valence-corrected chi connectivity index (χ1v) is 6.51. The van der Waals surface area contributed by atoms with Crippen molar-refractivity contribution in [1.29, 1.82) is 0 Å². The maximum atomic E-state index is 12.0. The number of carbonyl (C=O) groups excluding carboxylic acids is 2. The molecule has 2 amide bonds. The molecule has 1 fully saturated rings. The molecule has 0 radical (unpaired) electrons. The lowest BCUT2D eigenvalue weighted by atomic mass is 10.1. The number of hydrogen-bond donors (Lipinski definition) is 3. The predicted octanol–water partition coefficient (Wildman–Crippen LogP) is -0.760. The summed E-state index contributed by atoms with van der Waals surface area (Å²) in [5.41, 5.74) is 5.74. The minimum absolute atomic E-state index is 0.118. The second-order valence-corrected chi connectivity index (χ2v) is 4.60. The van der Waals surface area contributed by atoms with Gasteiger partial charge in [0, 0.05) is 25.8 Å². The highest BCUT2D eigenvalue weighted by Gasteiger charge is 2.23. The zero-order chi connectivity index (χ0) is 13.7. The quantitative estimate of drug-likeness (QED) is 0.666. The Balaban J connectivity index is 1.96. The highest BCUT2D eigenvalue weighted by Crippen LogP contribution is 2.06. The first kappa shape index (κ1) is 13.5. The Hall–Kier alpha value is -1.89. The van der Waals surface area contributed by atoms with Crippen molar-refractivity contribution in [3.63, 3.8) is 0 Å². The SMILES string of the molecule is NCCn1cnc(C(=O)NC2CCCCNC2=O)c1. The first-order valence-electron chi connectivity index (χ1n) is 6.51. The van der Waals surface area contributed by atoms with Crippen LogP contribution < -0.4 is 16.4 Å². The molecule has 104 valence electrons. The molecule has 4 N–H and O–H groups in total. The summed E-state index contributed by atoms with van der Waals surface area (Å²) in [6.45, 7) is 1.78. The summed E-state index contributed by atoms with van der Waals surface area (Å²) in [5, 5.41) is 5.50. The molecule has 19 heavy (non-hydrogen) atoms. The van der Waals surface area contributed by atoms with Crippen LogP contribution in [-0.2, 0) is 11.3 Å². The Morgan fingerprint density at radius 3 is 3.21 bits per heavy atom. The van der Waals surface area contributed by atoms with Gasteiger partial charge in [-0.3, -0.25) is 9.59 Å². The standard InChI is InChI=1S/C12H19N5O2/c13-4-6-17-7-10(15-8-17)12(19)16-9-3-1-2-5-14-11(9)18/h7-9H,1-6,13H2,(H,14,18)(H,16,19). The van der Waals surface area contributed by atoms with Crippen molar-refractivity contribution < 1.29 is 9.59 Å². The molecular weight excluding hydrogens is 246 g/mol. The van der Waals surface area contributed by atoms with Crippen molar-refractivity contribution in [2.24, 2.45) is 5.73 Å². The number of rotatable bonds is 4. The Morgan fingerprint density at radius 2 is 2.42 bits per heavy atom. The van der Waals surface area contributed by atoms with E-state index in [1.807, 2.05) is 0 Å². The van der Waals surface area contributed by atoms with E-state index in [-0.39, 0.29) is 11.8 Å². The van der Waals surface area contributed by atoms with E-state index in [2.05, 4.69) is 15.6 Å². The van der Waals surface area contributed by atoms with Crippen LogP contribution in [0, 0.1) is 0 Å². The fourth-order valence-corrected chi connectivity index (χ4v) is 2.06. The molecule has 0 aromatic carbocycles. The Bertz CT molecular complexity index is 457. The van der Waals surface area contributed by atoms with Crippen LogP contribution in [0.25, 0.3) is 0 Å². The fraction of sp³-hybridized carbons (Fsp3) is 0.583. The van der Waals surface area contributed by atoms with E-state index in [1.54, 1.807) is 17.1 Å². The molecule has 1 saturated heterocycles. The molecule has 1 unspecified atom stereocenters. The van der Waals surface area contributed by atoms with Crippen molar-refractivity contribution in [3.8, 4) is 0 Å². The molecule has 0 aliphatic carbocycles. The van der Waals surface area contributed by atoms with E-state index >= 15 is 0 Å². The molecule has 2 rings (SSSR count). The van der Waals surface area contributed by atoms with E-state index in [1.165, 1.54) is 0 Å². The Morgan fingerprint density at radius 1 is 1.58 bits per heavy atom. The smallest absolute Gasteiger partial charge is 0.272 e. The molecule has 1 aromatic rings. The molecular formula is C12H19N5O2. The lowest BCUT2D eigenvalue weighted by Crippen LogP contribution is -2.45. The fourth-order valence-electron chi connectivity index (χ4n) is 2.06. The van der Waals surface area contributed by atoms with Gasteiger partial charge in [0.2, 0.25) is 5.91 Å². The number of nitrogens with one attached hydrogen (secondary N) is 2. The van der Waals surface area contributed by atoms with Gasteiger partial charge in [-0.25, -0.2) is 4.98 Å². The maximum absolute atomic E-state index is 12.0. The van der Waals surface area contributed by atoms with Crippen molar-refractivity contribution in [2.45, 2.75) is 31.8 Å². The van der Waals surface area contributed by atoms with Gasteiger partial charge in [0.15, 0.2) is 0 Å². The molecule has 1 aromatic heterocycles. The molecule has 0 saturated carbocycles. The van der Waals surface area contributed by atoms with Crippen LogP contribution in [0.1, 0.15) is 29.8 Å². The summed E-state index contributed by atoms with van der Waals surface area (Å²) >= 11 is 0. The number of aromatic nitrogens is 2. The van der Waals surface area contributed by atoms with Gasteiger partial charge >= 0.3 is 0 Å². The average Bonchev–Trinajstić information content (AvgIpc) is 2.77. The van der Waals surface area contributed by atoms with Crippen molar-refractivity contribution >= 4 is 11.8 Å². The van der Waals surface area contributed by atoms with Crippen molar-refractivity contribution in [1.82, 2.24) is 20.2 Å². The number of imidazole rings is 1. The van der Waals surface area contributed by atoms with Gasteiger partial charge in [-0.05, 0) is 19.3 Å². The van der Waals surface area contributed by atoms with E-state index in [9.17, 15) is 9.59 Å². The molecule has 1 aliphatic heterocycles.